The summed E-state index contributed by atoms with van der Waals surface area (Å²) < 4.78 is 39.6. The third kappa shape index (κ3) is 4.28. The molecular weight excluding hydrogens is 340 g/mol. The van der Waals surface area contributed by atoms with Crippen LogP contribution in [0.15, 0.2) is 12.1 Å². The van der Waals surface area contributed by atoms with Crippen LogP contribution in [0.4, 0.5) is 8.78 Å². The summed E-state index contributed by atoms with van der Waals surface area (Å²) in [5, 5.41) is 9.01. The number of hydrogen-bond acceptors (Lipinski definition) is 5. The fourth-order valence-electron chi connectivity index (χ4n) is 2.72. The SMILES string of the molecule is COc1cc(C(=O)N2CCC(C(=O)O)CC2)cc(OC)c1OC(F)F. The van der Waals surface area contributed by atoms with Crippen molar-refractivity contribution in [2.24, 2.45) is 5.92 Å². The molecule has 1 saturated heterocycles. The summed E-state index contributed by atoms with van der Waals surface area (Å²) in [6, 6.07) is 2.59. The maximum atomic E-state index is 12.6. The van der Waals surface area contributed by atoms with Gasteiger partial charge < -0.3 is 24.2 Å². The van der Waals surface area contributed by atoms with E-state index in [0.29, 0.717) is 25.9 Å². The van der Waals surface area contributed by atoms with E-state index >= 15 is 0 Å². The zero-order valence-corrected chi connectivity index (χ0v) is 13.8. The number of piperidine rings is 1. The first-order valence-corrected chi connectivity index (χ1v) is 7.60. The van der Waals surface area contributed by atoms with E-state index in [0.717, 1.165) is 0 Å². The van der Waals surface area contributed by atoms with Gasteiger partial charge in [-0.15, -0.1) is 0 Å². The molecule has 138 valence electrons. The predicted octanol–water partition coefficient (Wildman–Crippen LogP) is 2.24. The zero-order valence-electron chi connectivity index (χ0n) is 13.8. The first-order chi connectivity index (χ1) is 11.9. The summed E-state index contributed by atoms with van der Waals surface area (Å²) >= 11 is 0. The van der Waals surface area contributed by atoms with Gasteiger partial charge in [0.25, 0.3) is 5.91 Å². The molecule has 0 aliphatic carbocycles. The van der Waals surface area contributed by atoms with Gasteiger partial charge in [-0.25, -0.2) is 0 Å². The third-order valence-electron chi connectivity index (χ3n) is 4.05. The number of carbonyl (C=O) groups excluding carboxylic acids is 1. The van der Waals surface area contributed by atoms with Gasteiger partial charge in [0.2, 0.25) is 5.75 Å². The number of benzene rings is 1. The normalized spacial score (nSPS) is 15.2. The van der Waals surface area contributed by atoms with E-state index in [9.17, 15) is 18.4 Å². The standard InChI is InChI=1S/C16H19F2NO6/c1-23-11-7-10(8-12(24-2)13(11)25-16(17)18)14(20)19-5-3-9(4-6-19)15(21)22/h7-9,16H,3-6H2,1-2H3,(H,21,22). The highest BCUT2D eigenvalue weighted by Gasteiger charge is 2.29. The van der Waals surface area contributed by atoms with Gasteiger partial charge in [-0.3, -0.25) is 9.59 Å². The van der Waals surface area contributed by atoms with Crippen LogP contribution in [0.5, 0.6) is 17.2 Å². The first kappa shape index (κ1) is 18.8. The van der Waals surface area contributed by atoms with Crippen molar-refractivity contribution in [3.63, 3.8) is 0 Å². The number of methoxy groups -OCH3 is 2. The number of hydrogen-bond donors (Lipinski definition) is 1. The lowest BCUT2D eigenvalue weighted by Gasteiger charge is -2.30. The van der Waals surface area contributed by atoms with Crippen LogP contribution in [0.3, 0.4) is 0 Å². The van der Waals surface area contributed by atoms with E-state index in [1.807, 2.05) is 0 Å². The summed E-state index contributed by atoms with van der Waals surface area (Å²) in [6.45, 7) is -2.47. The Kier molecular flexibility index (Phi) is 6.00. The molecule has 1 fully saturated rings. The lowest BCUT2D eigenvalue weighted by atomic mass is 9.96. The second-order valence-electron chi connectivity index (χ2n) is 5.49. The van der Waals surface area contributed by atoms with Crippen LogP contribution in [0.2, 0.25) is 0 Å². The fourth-order valence-corrected chi connectivity index (χ4v) is 2.72. The van der Waals surface area contributed by atoms with Crippen molar-refractivity contribution in [2.45, 2.75) is 19.5 Å². The smallest absolute Gasteiger partial charge is 0.387 e. The molecule has 9 heteroatoms. The molecule has 7 nitrogen and oxygen atoms in total. The Bertz CT molecular complexity index is 619. The number of carboxylic acids is 1. The average Bonchev–Trinajstić information content (AvgIpc) is 2.60. The van der Waals surface area contributed by atoms with E-state index in [-0.39, 0.29) is 28.7 Å². The molecule has 2 rings (SSSR count). The topological polar surface area (TPSA) is 85.3 Å². The van der Waals surface area contributed by atoms with Gasteiger partial charge in [-0.2, -0.15) is 8.78 Å². The van der Waals surface area contributed by atoms with E-state index in [1.54, 1.807) is 0 Å². The number of aliphatic carboxylic acids is 1. The lowest BCUT2D eigenvalue weighted by molar-refractivity contribution is -0.143. The van der Waals surface area contributed by atoms with Crippen molar-refractivity contribution >= 4 is 11.9 Å². The summed E-state index contributed by atoms with van der Waals surface area (Å²) in [5.41, 5.74) is 0.184. The Morgan fingerprint density at radius 3 is 2.08 bits per heavy atom. The number of alkyl halides is 2. The van der Waals surface area contributed by atoms with Crippen LogP contribution in [-0.2, 0) is 4.79 Å². The van der Waals surface area contributed by atoms with E-state index in [2.05, 4.69) is 4.74 Å². The summed E-state index contributed by atoms with van der Waals surface area (Å²) in [4.78, 5) is 25.1. The first-order valence-electron chi connectivity index (χ1n) is 7.60. The van der Waals surface area contributed by atoms with Gasteiger partial charge in [0, 0.05) is 18.7 Å². The Hall–Kier alpha value is -2.58. The van der Waals surface area contributed by atoms with Crippen LogP contribution < -0.4 is 14.2 Å². The molecule has 0 spiro atoms. The number of likely N-dealkylation sites (tertiary alicyclic amines) is 1. The number of nitrogens with zero attached hydrogens (tertiary/aromatic N) is 1. The van der Waals surface area contributed by atoms with Crippen molar-refractivity contribution < 1.29 is 37.7 Å². The summed E-state index contributed by atoms with van der Waals surface area (Å²) in [5.74, 6) is -2.09. The van der Waals surface area contributed by atoms with E-state index in [4.69, 9.17) is 14.6 Å². The lowest BCUT2D eigenvalue weighted by Crippen LogP contribution is -2.40. The molecule has 0 radical (unpaired) electrons. The number of halogens is 2. The molecule has 25 heavy (non-hydrogen) atoms. The molecule has 1 heterocycles. The van der Waals surface area contributed by atoms with Crippen molar-refractivity contribution in [3.05, 3.63) is 17.7 Å². The Balaban J connectivity index is 2.24. The van der Waals surface area contributed by atoms with Gasteiger partial charge in [-0.1, -0.05) is 0 Å². The van der Waals surface area contributed by atoms with Gasteiger partial charge >= 0.3 is 12.6 Å². The van der Waals surface area contributed by atoms with Crippen molar-refractivity contribution in [3.8, 4) is 17.2 Å². The molecule has 1 N–H and O–H groups in total. The molecule has 0 unspecified atom stereocenters. The maximum absolute atomic E-state index is 12.6. The average molecular weight is 359 g/mol. The molecule has 0 aromatic heterocycles. The third-order valence-corrected chi connectivity index (χ3v) is 4.05. The largest absolute Gasteiger partial charge is 0.493 e. The number of rotatable bonds is 6. The second kappa shape index (κ2) is 8.00. The van der Waals surface area contributed by atoms with Gasteiger partial charge in [-0.05, 0) is 25.0 Å². The predicted molar refractivity (Wildman–Crippen MR) is 82.4 cm³/mol. The molecular formula is C16H19F2NO6. The summed E-state index contributed by atoms with van der Waals surface area (Å²) in [7, 11) is 2.53. The Morgan fingerprint density at radius 1 is 1.16 bits per heavy atom. The monoisotopic (exact) mass is 359 g/mol. The number of carboxylic acid groups (broad SMARTS) is 1. The van der Waals surface area contributed by atoms with Crippen molar-refractivity contribution in [2.75, 3.05) is 27.3 Å². The van der Waals surface area contributed by atoms with Crippen LogP contribution >= 0.6 is 0 Å². The minimum absolute atomic E-state index is 0.0524. The molecule has 1 aromatic rings. The maximum Gasteiger partial charge on any atom is 0.387 e. The van der Waals surface area contributed by atoms with Gasteiger partial charge in [0.1, 0.15) is 0 Å². The van der Waals surface area contributed by atoms with E-state index in [1.165, 1.54) is 31.3 Å². The minimum Gasteiger partial charge on any atom is -0.493 e. The number of amides is 1. The second-order valence-corrected chi connectivity index (χ2v) is 5.49. The minimum atomic E-state index is -3.07. The van der Waals surface area contributed by atoms with Crippen molar-refractivity contribution in [1.82, 2.24) is 4.90 Å². The van der Waals surface area contributed by atoms with Crippen LogP contribution in [-0.4, -0.2) is 55.8 Å². The highest BCUT2D eigenvalue weighted by molar-refractivity contribution is 5.95. The van der Waals surface area contributed by atoms with Gasteiger partial charge in [0.05, 0.1) is 20.1 Å². The highest BCUT2D eigenvalue weighted by atomic mass is 19.3. The highest BCUT2D eigenvalue weighted by Crippen LogP contribution is 2.40. The molecule has 1 aliphatic rings. The fraction of sp³-hybridized carbons (Fsp3) is 0.500. The summed E-state index contributed by atoms with van der Waals surface area (Å²) in [6.07, 6.45) is 0.726. The molecule has 0 atom stereocenters. The number of ether oxygens (including phenoxy) is 3. The molecule has 0 saturated carbocycles. The van der Waals surface area contributed by atoms with E-state index < -0.39 is 18.5 Å². The van der Waals surface area contributed by atoms with Crippen LogP contribution in [0.1, 0.15) is 23.2 Å². The Morgan fingerprint density at radius 2 is 1.68 bits per heavy atom. The molecule has 1 aliphatic heterocycles. The van der Waals surface area contributed by atoms with Crippen LogP contribution in [0, 0.1) is 5.92 Å². The van der Waals surface area contributed by atoms with Crippen LogP contribution in [0.25, 0.3) is 0 Å². The molecule has 1 aromatic carbocycles. The Labute approximate surface area is 143 Å². The number of carbonyl (C=O) groups is 2. The quantitative estimate of drug-likeness (QED) is 0.838. The molecule has 0 bridgehead atoms. The van der Waals surface area contributed by atoms with Crippen molar-refractivity contribution in [1.29, 1.82) is 0 Å². The molecule has 1 amide bonds. The zero-order chi connectivity index (χ0) is 18.6. The van der Waals surface area contributed by atoms with Gasteiger partial charge in [0.15, 0.2) is 11.5 Å².